The molecule has 7 heteroatoms. The van der Waals surface area contributed by atoms with Gasteiger partial charge in [0.1, 0.15) is 0 Å². The average Bonchev–Trinajstić information content (AvgIpc) is 2.34. The van der Waals surface area contributed by atoms with Crippen molar-refractivity contribution < 1.29 is 13.3 Å². The van der Waals surface area contributed by atoms with Crippen molar-refractivity contribution in [1.82, 2.24) is 11.5 Å². The van der Waals surface area contributed by atoms with Crippen molar-refractivity contribution in [3.8, 4) is 0 Å². The van der Waals surface area contributed by atoms with E-state index in [0.717, 1.165) is 32.0 Å². The van der Waals surface area contributed by atoms with Gasteiger partial charge >= 0.3 is 8.80 Å². The van der Waals surface area contributed by atoms with E-state index < -0.39 is 8.80 Å². The van der Waals surface area contributed by atoms with E-state index in [1.165, 1.54) is 0 Å². The highest BCUT2D eigenvalue weighted by Crippen LogP contribution is 2.17. The monoisotopic (exact) mass is 309 g/mol. The van der Waals surface area contributed by atoms with Gasteiger partial charge in [0.05, 0.1) is 0 Å². The fourth-order valence-corrected chi connectivity index (χ4v) is 4.50. The Hall–Kier alpha value is -0.0231. The summed E-state index contributed by atoms with van der Waals surface area (Å²) < 4.78 is 17.4. The maximum absolute atomic E-state index is 5.80. The zero-order valence-electron chi connectivity index (χ0n) is 13.7. The molecule has 0 aromatic heterocycles. The molecule has 0 amide bonds. The Bertz CT molecular complexity index is 192. The lowest BCUT2D eigenvalue weighted by molar-refractivity contribution is 0.0708. The molecule has 0 bridgehead atoms. The van der Waals surface area contributed by atoms with E-state index in [1.807, 2.05) is 27.7 Å². The summed E-state index contributed by atoms with van der Waals surface area (Å²) >= 11 is 0. The summed E-state index contributed by atoms with van der Waals surface area (Å²) in [5, 5.41) is 3.39. The molecule has 6 N–H and O–H groups in total. The van der Waals surface area contributed by atoms with Gasteiger partial charge in [-0.3, -0.25) is 0 Å². The van der Waals surface area contributed by atoms with Gasteiger partial charge in [0.25, 0.3) is 0 Å². The molecule has 0 aliphatic carbocycles. The Morgan fingerprint density at radius 2 is 1.50 bits per heavy atom. The zero-order chi connectivity index (χ0) is 14.6. The van der Waals surface area contributed by atoms with Crippen LogP contribution in [0.4, 0.5) is 0 Å². The third-order valence-electron chi connectivity index (χ3n) is 2.71. The molecule has 0 aliphatic rings. The van der Waals surface area contributed by atoms with Gasteiger partial charge in [-0.1, -0.05) is 0 Å². The highest BCUT2D eigenvalue weighted by atomic mass is 28.4. The van der Waals surface area contributed by atoms with Crippen LogP contribution in [0.3, 0.4) is 0 Å². The molecular formula is C13H35N3O3Si. The van der Waals surface area contributed by atoms with Crippen LogP contribution >= 0.6 is 0 Å². The summed E-state index contributed by atoms with van der Waals surface area (Å²) in [6, 6.07) is 1.13. The molecule has 0 rings (SSSR count). The Morgan fingerprint density at radius 1 is 1.00 bits per heavy atom. The van der Waals surface area contributed by atoms with Gasteiger partial charge in [-0.2, -0.15) is 0 Å². The normalized spacial score (nSPS) is 13.1. The quantitative estimate of drug-likeness (QED) is 0.355. The first-order valence-electron chi connectivity index (χ1n) is 7.48. The van der Waals surface area contributed by atoms with Crippen molar-refractivity contribution in [2.24, 2.45) is 5.73 Å². The molecule has 124 valence electrons. The van der Waals surface area contributed by atoms with E-state index in [0.29, 0.717) is 19.8 Å². The first-order valence-corrected chi connectivity index (χ1v) is 9.41. The van der Waals surface area contributed by atoms with Gasteiger partial charge in [-0.15, -0.1) is 0 Å². The highest BCUT2D eigenvalue weighted by molar-refractivity contribution is 6.60. The van der Waals surface area contributed by atoms with Crippen molar-refractivity contribution in [3.63, 3.8) is 0 Å². The summed E-state index contributed by atoms with van der Waals surface area (Å²) in [7, 11) is -2.44. The number of nitrogens with two attached hydrogens (primary N) is 1. The summed E-state index contributed by atoms with van der Waals surface area (Å²) in [4.78, 5) is 0. The summed E-state index contributed by atoms with van der Waals surface area (Å²) in [6.07, 6.45) is 2.01. The molecule has 20 heavy (non-hydrogen) atoms. The standard InChI is InChI=1S/C13H32N2O3Si.H3N/c1-5-16-19(17-6-2,18-7-3)12-8-10-15-11-9-13(4)14;/h13,15H,5-12,14H2,1-4H3;1H3. The van der Waals surface area contributed by atoms with Crippen molar-refractivity contribution >= 4 is 8.80 Å². The minimum absolute atomic E-state index is 0. The largest absolute Gasteiger partial charge is 0.500 e. The molecule has 0 spiro atoms. The van der Waals surface area contributed by atoms with Gasteiger partial charge in [-0.05, 0) is 53.6 Å². The number of rotatable bonds is 13. The van der Waals surface area contributed by atoms with E-state index in [4.69, 9.17) is 19.0 Å². The lowest BCUT2D eigenvalue weighted by Gasteiger charge is -2.28. The first kappa shape index (κ1) is 22.3. The molecule has 6 nitrogen and oxygen atoms in total. The SMILES string of the molecule is CCO[Si](CCCNCCC(C)N)(OCC)OCC.N. The second kappa shape index (κ2) is 13.9. The lowest BCUT2D eigenvalue weighted by atomic mass is 10.2. The summed E-state index contributed by atoms with van der Waals surface area (Å²) in [5.74, 6) is 0. The highest BCUT2D eigenvalue weighted by Gasteiger charge is 2.39. The second-order valence-corrected chi connectivity index (χ2v) is 7.33. The molecule has 0 radical (unpaired) electrons. The van der Waals surface area contributed by atoms with Crippen LogP contribution in [0.15, 0.2) is 0 Å². The van der Waals surface area contributed by atoms with Gasteiger partial charge in [0.2, 0.25) is 0 Å². The van der Waals surface area contributed by atoms with E-state index >= 15 is 0 Å². The van der Waals surface area contributed by atoms with Crippen LogP contribution in [0.25, 0.3) is 0 Å². The zero-order valence-corrected chi connectivity index (χ0v) is 14.7. The lowest BCUT2D eigenvalue weighted by Crippen LogP contribution is -2.46. The molecule has 0 fully saturated rings. The number of hydrogen-bond donors (Lipinski definition) is 3. The van der Waals surface area contributed by atoms with Crippen molar-refractivity contribution in [2.45, 2.75) is 52.6 Å². The Morgan fingerprint density at radius 3 is 1.90 bits per heavy atom. The minimum atomic E-state index is -2.44. The predicted molar refractivity (Wildman–Crippen MR) is 86.2 cm³/mol. The Kier molecular flexibility index (Phi) is 15.5. The molecule has 0 aromatic rings. The van der Waals surface area contributed by atoms with Crippen LogP contribution in [-0.2, 0) is 13.3 Å². The van der Waals surface area contributed by atoms with Crippen LogP contribution in [0.2, 0.25) is 6.04 Å². The topological polar surface area (TPSA) is 101 Å². The predicted octanol–water partition coefficient (Wildman–Crippen LogP) is 1.91. The van der Waals surface area contributed by atoms with Crippen LogP contribution in [0.5, 0.6) is 0 Å². The molecule has 0 heterocycles. The van der Waals surface area contributed by atoms with E-state index in [-0.39, 0.29) is 12.2 Å². The van der Waals surface area contributed by atoms with E-state index in [1.54, 1.807) is 0 Å². The summed E-state index contributed by atoms with van der Waals surface area (Å²) in [6.45, 7) is 11.8. The third kappa shape index (κ3) is 10.7. The molecule has 1 unspecified atom stereocenters. The van der Waals surface area contributed by atoms with Crippen molar-refractivity contribution in [3.05, 3.63) is 0 Å². The molecular weight excluding hydrogens is 274 g/mol. The maximum Gasteiger partial charge on any atom is 0.500 e. The van der Waals surface area contributed by atoms with Gasteiger partial charge < -0.3 is 30.5 Å². The molecule has 1 atom stereocenters. The fraction of sp³-hybridized carbons (Fsp3) is 1.00. The van der Waals surface area contributed by atoms with Crippen LogP contribution in [0, 0.1) is 0 Å². The van der Waals surface area contributed by atoms with E-state index in [2.05, 4.69) is 5.32 Å². The van der Waals surface area contributed by atoms with Crippen LogP contribution in [-0.4, -0.2) is 47.8 Å². The molecule has 0 saturated heterocycles. The van der Waals surface area contributed by atoms with E-state index in [9.17, 15) is 0 Å². The van der Waals surface area contributed by atoms with Gasteiger partial charge in [0.15, 0.2) is 0 Å². The molecule has 0 aliphatic heterocycles. The van der Waals surface area contributed by atoms with Crippen molar-refractivity contribution in [2.75, 3.05) is 32.9 Å². The second-order valence-electron chi connectivity index (χ2n) is 4.60. The fourth-order valence-electron chi connectivity index (χ4n) is 1.89. The molecule has 0 saturated carbocycles. The van der Waals surface area contributed by atoms with Gasteiger partial charge in [0, 0.05) is 31.9 Å². The third-order valence-corrected chi connectivity index (χ3v) is 5.86. The summed E-state index contributed by atoms with van der Waals surface area (Å²) in [5.41, 5.74) is 5.70. The van der Waals surface area contributed by atoms with Gasteiger partial charge in [-0.25, -0.2) is 0 Å². The Balaban J connectivity index is 0. The van der Waals surface area contributed by atoms with Crippen molar-refractivity contribution in [1.29, 1.82) is 0 Å². The number of nitrogens with one attached hydrogen (secondary N) is 1. The minimum Gasteiger partial charge on any atom is -0.374 e. The maximum atomic E-state index is 5.80. The Labute approximate surface area is 125 Å². The number of hydrogen-bond acceptors (Lipinski definition) is 6. The van der Waals surface area contributed by atoms with Crippen LogP contribution < -0.4 is 17.2 Å². The smallest absolute Gasteiger partial charge is 0.374 e. The average molecular weight is 310 g/mol. The first-order chi connectivity index (χ1) is 9.10. The molecule has 0 aromatic carbocycles. The van der Waals surface area contributed by atoms with Crippen LogP contribution in [0.1, 0.15) is 40.5 Å².